The van der Waals surface area contributed by atoms with E-state index in [-0.39, 0.29) is 11.7 Å². The molecule has 2 rings (SSSR count). The topological polar surface area (TPSA) is 46.5 Å². The van der Waals surface area contributed by atoms with Crippen LogP contribution in [-0.4, -0.2) is 17.2 Å². The van der Waals surface area contributed by atoms with Gasteiger partial charge in [-0.05, 0) is 43.1 Å². The molecule has 1 aromatic carbocycles. The zero-order valence-electron chi connectivity index (χ0n) is 15.3. The number of rotatable bonds is 5. The Bertz CT molecular complexity index is 573. The lowest BCUT2D eigenvalue weighted by Gasteiger charge is -2.37. The van der Waals surface area contributed by atoms with Crippen LogP contribution in [0.5, 0.6) is 0 Å². The number of hydrogen-bond donors (Lipinski definition) is 1. The first-order valence-corrected chi connectivity index (χ1v) is 8.94. The van der Waals surface area contributed by atoms with Crippen molar-refractivity contribution in [3.05, 3.63) is 47.5 Å². The van der Waals surface area contributed by atoms with E-state index in [1.54, 1.807) is 0 Å². The summed E-state index contributed by atoms with van der Waals surface area (Å²) in [7, 11) is 0. The second-order valence-electron chi connectivity index (χ2n) is 7.61. The van der Waals surface area contributed by atoms with Crippen molar-refractivity contribution in [1.29, 1.82) is 0 Å². The summed E-state index contributed by atoms with van der Waals surface area (Å²) in [6.07, 6.45) is 2.07. The molecule has 1 aliphatic carbocycles. The van der Waals surface area contributed by atoms with E-state index in [4.69, 9.17) is 4.74 Å². The van der Waals surface area contributed by atoms with Crippen LogP contribution in [0, 0.1) is 24.7 Å². The summed E-state index contributed by atoms with van der Waals surface area (Å²) in [5.41, 5.74) is 1.88. The van der Waals surface area contributed by atoms with Crippen molar-refractivity contribution in [3.63, 3.8) is 0 Å². The lowest BCUT2D eigenvalue weighted by Crippen LogP contribution is -2.36. The number of esters is 1. The number of benzene rings is 1. The monoisotopic (exact) mass is 330 g/mol. The van der Waals surface area contributed by atoms with Crippen molar-refractivity contribution >= 4 is 5.97 Å². The average Bonchev–Trinajstić information content (AvgIpc) is 2.54. The van der Waals surface area contributed by atoms with Gasteiger partial charge in [-0.15, -0.1) is 0 Å². The third-order valence-electron chi connectivity index (χ3n) is 5.21. The van der Waals surface area contributed by atoms with E-state index in [1.807, 2.05) is 31.2 Å². The summed E-state index contributed by atoms with van der Waals surface area (Å²) < 4.78 is 5.77. The number of aliphatic hydroxyl groups is 1. The summed E-state index contributed by atoms with van der Waals surface area (Å²) in [4.78, 5) is 12.5. The van der Waals surface area contributed by atoms with Crippen LogP contribution in [0.15, 0.2) is 36.4 Å². The Labute approximate surface area is 145 Å². The molecular formula is C21H30O3. The van der Waals surface area contributed by atoms with E-state index in [0.717, 1.165) is 18.4 Å². The lowest BCUT2D eigenvalue weighted by atomic mass is 9.75. The summed E-state index contributed by atoms with van der Waals surface area (Å²) in [5.74, 6) is 0.945. The maximum atomic E-state index is 12.5. The number of carbonyl (C=O) groups excluding carboxylic acids is 1. The van der Waals surface area contributed by atoms with Crippen molar-refractivity contribution < 1.29 is 14.6 Å². The standard InChI is InChI=1S/C21H30O3/c1-13(2)18-11-8-15(4)12-19(18)24-21(23)16(5)20(22)17-9-6-14(3)7-10-17/h6-7,9-10,13,15,18-20,22H,5,8,11-12H2,1-4H3/t15-,18-,19-,20+/m0/s1. The molecule has 0 bridgehead atoms. The van der Waals surface area contributed by atoms with Gasteiger partial charge in [0.2, 0.25) is 0 Å². The van der Waals surface area contributed by atoms with Crippen molar-refractivity contribution in [2.75, 3.05) is 0 Å². The van der Waals surface area contributed by atoms with Gasteiger partial charge in [-0.1, -0.05) is 63.6 Å². The van der Waals surface area contributed by atoms with Crippen LogP contribution in [0.1, 0.15) is 57.3 Å². The van der Waals surface area contributed by atoms with E-state index in [2.05, 4.69) is 27.4 Å². The molecule has 0 amide bonds. The van der Waals surface area contributed by atoms with Crippen molar-refractivity contribution in [2.45, 2.75) is 59.2 Å². The maximum absolute atomic E-state index is 12.5. The molecule has 24 heavy (non-hydrogen) atoms. The highest BCUT2D eigenvalue weighted by molar-refractivity contribution is 5.89. The van der Waals surface area contributed by atoms with Gasteiger partial charge in [0.05, 0.1) is 5.57 Å². The molecular weight excluding hydrogens is 300 g/mol. The minimum atomic E-state index is -1.02. The molecule has 3 heteroatoms. The van der Waals surface area contributed by atoms with E-state index in [0.29, 0.717) is 23.3 Å². The van der Waals surface area contributed by atoms with Gasteiger partial charge >= 0.3 is 5.97 Å². The molecule has 0 saturated heterocycles. The van der Waals surface area contributed by atoms with E-state index in [9.17, 15) is 9.90 Å². The van der Waals surface area contributed by atoms with Gasteiger partial charge in [-0.2, -0.15) is 0 Å². The van der Waals surface area contributed by atoms with Gasteiger partial charge in [0.15, 0.2) is 0 Å². The molecule has 4 atom stereocenters. The van der Waals surface area contributed by atoms with Crippen LogP contribution in [0.3, 0.4) is 0 Å². The Morgan fingerprint density at radius 2 is 1.88 bits per heavy atom. The maximum Gasteiger partial charge on any atom is 0.336 e. The first kappa shape index (κ1) is 18.7. The quantitative estimate of drug-likeness (QED) is 0.634. The summed E-state index contributed by atoms with van der Waals surface area (Å²) in [6, 6.07) is 7.46. The minimum Gasteiger partial charge on any atom is -0.459 e. The number of carbonyl (C=O) groups is 1. The Morgan fingerprint density at radius 1 is 1.25 bits per heavy atom. The molecule has 1 fully saturated rings. The molecule has 0 aliphatic heterocycles. The highest BCUT2D eigenvalue weighted by Crippen LogP contribution is 2.36. The predicted molar refractivity (Wildman–Crippen MR) is 96.5 cm³/mol. The van der Waals surface area contributed by atoms with Gasteiger partial charge in [-0.3, -0.25) is 0 Å². The third-order valence-corrected chi connectivity index (χ3v) is 5.21. The van der Waals surface area contributed by atoms with Crippen LogP contribution < -0.4 is 0 Å². The Morgan fingerprint density at radius 3 is 2.46 bits per heavy atom. The predicted octanol–water partition coefficient (Wildman–Crippen LogP) is 4.59. The smallest absolute Gasteiger partial charge is 0.336 e. The second kappa shape index (κ2) is 7.98. The average molecular weight is 330 g/mol. The number of hydrogen-bond acceptors (Lipinski definition) is 3. The number of aryl methyl sites for hydroxylation is 1. The first-order valence-electron chi connectivity index (χ1n) is 8.94. The number of ether oxygens (including phenoxy) is 1. The molecule has 1 aromatic rings. The molecule has 0 radical (unpaired) electrons. The molecule has 0 aromatic heterocycles. The highest BCUT2D eigenvalue weighted by atomic mass is 16.5. The van der Waals surface area contributed by atoms with Gasteiger partial charge in [0.25, 0.3) is 0 Å². The molecule has 1 aliphatic rings. The van der Waals surface area contributed by atoms with Gasteiger partial charge in [0.1, 0.15) is 12.2 Å². The Kier molecular flexibility index (Phi) is 6.22. The van der Waals surface area contributed by atoms with Gasteiger partial charge < -0.3 is 9.84 Å². The molecule has 132 valence electrons. The molecule has 0 spiro atoms. The van der Waals surface area contributed by atoms with Crippen molar-refractivity contribution in [2.24, 2.45) is 17.8 Å². The van der Waals surface area contributed by atoms with Crippen molar-refractivity contribution in [3.8, 4) is 0 Å². The fourth-order valence-electron chi connectivity index (χ4n) is 3.52. The summed E-state index contributed by atoms with van der Waals surface area (Å²) >= 11 is 0. The van der Waals surface area contributed by atoms with Gasteiger partial charge in [-0.25, -0.2) is 4.79 Å². The summed E-state index contributed by atoms with van der Waals surface area (Å²) in [6.45, 7) is 12.3. The fourth-order valence-corrected chi connectivity index (χ4v) is 3.52. The Hall–Kier alpha value is -1.61. The fraction of sp³-hybridized carbons (Fsp3) is 0.571. The molecule has 3 nitrogen and oxygen atoms in total. The van der Waals surface area contributed by atoms with Crippen LogP contribution in [-0.2, 0) is 9.53 Å². The highest BCUT2D eigenvalue weighted by Gasteiger charge is 2.34. The van der Waals surface area contributed by atoms with Crippen LogP contribution >= 0.6 is 0 Å². The minimum absolute atomic E-state index is 0.0804. The van der Waals surface area contributed by atoms with E-state index in [1.165, 1.54) is 6.42 Å². The van der Waals surface area contributed by atoms with Gasteiger partial charge in [0, 0.05) is 0 Å². The lowest BCUT2D eigenvalue weighted by molar-refractivity contribution is -0.152. The molecule has 1 N–H and O–H groups in total. The largest absolute Gasteiger partial charge is 0.459 e. The van der Waals surface area contributed by atoms with Crippen LogP contribution in [0.2, 0.25) is 0 Å². The molecule has 0 heterocycles. The normalized spacial score (nSPS) is 25.3. The third kappa shape index (κ3) is 4.47. The van der Waals surface area contributed by atoms with Crippen LogP contribution in [0.25, 0.3) is 0 Å². The van der Waals surface area contributed by atoms with Crippen molar-refractivity contribution in [1.82, 2.24) is 0 Å². The summed E-state index contributed by atoms with van der Waals surface area (Å²) in [5, 5.41) is 10.4. The van der Waals surface area contributed by atoms with Crippen LogP contribution in [0.4, 0.5) is 0 Å². The van der Waals surface area contributed by atoms with E-state index >= 15 is 0 Å². The van der Waals surface area contributed by atoms with E-state index < -0.39 is 12.1 Å². The zero-order valence-corrected chi connectivity index (χ0v) is 15.3. The molecule has 0 unspecified atom stereocenters. The second-order valence-corrected chi connectivity index (χ2v) is 7.61. The molecule has 1 saturated carbocycles. The Balaban J connectivity index is 2.04. The first-order chi connectivity index (χ1) is 11.3. The zero-order chi connectivity index (χ0) is 17.9. The number of aliphatic hydroxyl groups excluding tert-OH is 1. The SMILES string of the molecule is C=C(C(=O)O[C@H]1C[C@@H](C)CC[C@H]1C(C)C)[C@@H](O)c1ccc(C)cc1.